The molecule has 1 aliphatic rings. The molecule has 0 bridgehead atoms. The molecule has 1 atom stereocenters. The summed E-state index contributed by atoms with van der Waals surface area (Å²) in [4.78, 5) is 20.5. The molecule has 1 aliphatic heterocycles. The first-order valence-electron chi connectivity index (χ1n) is 9.96. The lowest BCUT2D eigenvalue weighted by Gasteiger charge is -2.26. The first-order valence-corrected chi connectivity index (χ1v) is 9.96. The van der Waals surface area contributed by atoms with Gasteiger partial charge in [0.15, 0.2) is 5.82 Å². The van der Waals surface area contributed by atoms with Gasteiger partial charge < -0.3 is 19.7 Å². The van der Waals surface area contributed by atoms with E-state index >= 15 is 0 Å². The number of carbonyl (C=O) groups excluding carboxylic acids is 1. The lowest BCUT2D eigenvalue weighted by molar-refractivity contribution is -0.0246. The van der Waals surface area contributed by atoms with E-state index in [-0.39, 0.29) is 0 Å². The number of aryl methyl sites for hydroxylation is 1. The molecule has 11 nitrogen and oxygen atoms in total. The molecule has 1 fully saturated rings. The summed E-state index contributed by atoms with van der Waals surface area (Å²) in [5.74, 6) is 0.890. The molecule has 4 aromatic heterocycles. The van der Waals surface area contributed by atoms with Crippen molar-refractivity contribution in [3.05, 3.63) is 48.1 Å². The molecule has 5 heterocycles. The molecular weight excluding hydrogens is 414 g/mol. The van der Waals surface area contributed by atoms with Gasteiger partial charge in [-0.3, -0.25) is 5.32 Å². The second-order valence-corrected chi connectivity index (χ2v) is 7.64. The predicted octanol–water partition coefficient (Wildman–Crippen LogP) is 2.53. The number of amides is 2. The van der Waals surface area contributed by atoms with Crippen LogP contribution in [-0.4, -0.2) is 51.3 Å². The van der Waals surface area contributed by atoms with Gasteiger partial charge in [-0.05, 0) is 24.6 Å². The fourth-order valence-corrected chi connectivity index (χ4v) is 3.92. The van der Waals surface area contributed by atoms with Crippen LogP contribution < -0.4 is 11.1 Å². The maximum Gasteiger partial charge on any atom is 0.317 e. The van der Waals surface area contributed by atoms with Crippen molar-refractivity contribution in [3.63, 3.8) is 0 Å². The third-order valence-corrected chi connectivity index (χ3v) is 5.54. The minimum atomic E-state index is -0.707. The number of carbonyl (C=O) groups is 1. The van der Waals surface area contributed by atoms with Gasteiger partial charge in [0.1, 0.15) is 23.4 Å². The number of nitrogens with two attached hydrogens (primary N) is 1. The maximum absolute atomic E-state index is 11.3. The Morgan fingerprint density at radius 3 is 2.88 bits per heavy atom. The van der Waals surface area contributed by atoms with E-state index in [2.05, 4.69) is 15.5 Å². The molecule has 0 radical (unpaired) electrons. The average Bonchev–Trinajstić information content (AvgIpc) is 3.52. The largest absolute Gasteiger partial charge is 0.378 e. The summed E-state index contributed by atoms with van der Waals surface area (Å²) in [7, 11) is 1.67. The van der Waals surface area contributed by atoms with Crippen molar-refractivity contribution in [1.82, 2.24) is 24.9 Å². The van der Waals surface area contributed by atoms with E-state index < -0.39 is 11.6 Å². The standard InChI is InChI=1S/C21H21N7O4/c1-12-5-16(21(30-2)3-4-31-11-21)25-18(6-12)28-15-7-17(26-20(22)29)23-9-14(15)19(27-28)13-8-24-32-10-13/h5-10H,3-4,11H2,1-2H3,(H3,22,23,26,29)/t21-/m1/s1. The highest BCUT2D eigenvalue weighted by Crippen LogP contribution is 2.35. The second kappa shape index (κ2) is 7.70. The Balaban J connectivity index is 1.72. The summed E-state index contributed by atoms with van der Waals surface area (Å²) < 4.78 is 18.1. The number of pyridine rings is 2. The van der Waals surface area contributed by atoms with Crippen molar-refractivity contribution in [1.29, 1.82) is 0 Å². The van der Waals surface area contributed by atoms with Crippen molar-refractivity contribution in [2.45, 2.75) is 18.9 Å². The Bertz CT molecular complexity index is 1290. The Morgan fingerprint density at radius 1 is 1.31 bits per heavy atom. The van der Waals surface area contributed by atoms with E-state index in [1.807, 2.05) is 19.1 Å². The third-order valence-electron chi connectivity index (χ3n) is 5.54. The van der Waals surface area contributed by atoms with Crippen molar-refractivity contribution in [2.75, 3.05) is 25.6 Å². The van der Waals surface area contributed by atoms with Crippen LogP contribution in [0.1, 0.15) is 17.7 Å². The molecule has 1 saturated heterocycles. The van der Waals surface area contributed by atoms with Gasteiger partial charge in [0.25, 0.3) is 0 Å². The summed E-state index contributed by atoms with van der Waals surface area (Å²) in [6, 6.07) is 4.91. The fourth-order valence-electron chi connectivity index (χ4n) is 3.92. The van der Waals surface area contributed by atoms with Gasteiger partial charge >= 0.3 is 6.03 Å². The lowest BCUT2D eigenvalue weighted by atomic mass is 9.97. The normalized spacial score (nSPS) is 18.3. The summed E-state index contributed by atoms with van der Waals surface area (Å²) >= 11 is 0. The topological polar surface area (TPSA) is 143 Å². The highest BCUT2D eigenvalue weighted by molar-refractivity contribution is 5.96. The van der Waals surface area contributed by atoms with Crippen LogP contribution in [0, 0.1) is 6.92 Å². The van der Waals surface area contributed by atoms with Crippen LogP contribution in [-0.2, 0) is 15.1 Å². The number of hydrogen-bond acceptors (Lipinski definition) is 8. The van der Waals surface area contributed by atoms with E-state index in [9.17, 15) is 4.79 Å². The molecule has 32 heavy (non-hydrogen) atoms. The van der Waals surface area contributed by atoms with E-state index in [4.69, 9.17) is 29.8 Å². The lowest BCUT2D eigenvalue weighted by Crippen LogP contribution is -2.30. The molecule has 4 aromatic rings. The third kappa shape index (κ3) is 3.37. The quantitative estimate of drug-likeness (QED) is 0.487. The van der Waals surface area contributed by atoms with Crippen molar-refractivity contribution >= 4 is 22.8 Å². The minimum Gasteiger partial charge on any atom is -0.378 e. The fraction of sp³-hybridized carbons (Fsp3) is 0.286. The van der Waals surface area contributed by atoms with Gasteiger partial charge in [0.05, 0.1) is 29.6 Å². The molecule has 164 valence electrons. The average molecular weight is 435 g/mol. The van der Waals surface area contributed by atoms with Gasteiger partial charge in [0.2, 0.25) is 0 Å². The van der Waals surface area contributed by atoms with Gasteiger partial charge in [0, 0.05) is 37.8 Å². The Hall–Kier alpha value is -3.83. The number of nitrogens with zero attached hydrogens (tertiary/aromatic N) is 5. The number of fused-ring (bicyclic) bond motifs is 1. The molecule has 0 aliphatic carbocycles. The molecule has 3 N–H and O–H groups in total. The summed E-state index contributed by atoms with van der Waals surface area (Å²) in [5.41, 5.74) is 8.41. The number of hydrogen-bond donors (Lipinski definition) is 2. The van der Waals surface area contributed by atoms with Crippen molar-refractivity contribution in [2.24, 2.45) is 5.73 Å². The van der Waals surface area contributed by atoms with E-state index in [0.29, 0.717) is 48.0 Å². The summed E-state index contributed by atoms with van der Waals surface area (Å²) in [6.07, 6.45) is 5.41. The predicted molar refractivity (Wildman–Crippen MR) is 114 cm³/mol. The zero-order chi connectivity index (χ0) is 22.3. The van der Waals surface area contributed by atoms with Gasteiger partial charge in [-0.2, -0.15) is 5.10 Å². The van der Waals surface area contributed by atoms with Crippen LogP contribution >= 0.6 is 0 Å². The van der Waals surface area contributed by atoms with Gasteiger partial charge in [-0.15, -0.1) is 0 Å². The van der Waals surface area contributed by atoms with Gasteiger partial charge in [-0.1, -0.05) is 5.16 Å². The van der Waals surface area contributed by atoms with Crippen molar-refractivity contribution < 1.29 is 18.8 Å². The van der Waals surface area contributed by atoms with Crippen LogP contribution in [0.5, 0.6) is 0 Å². The highest BCUT2D eigenvalue weighted by atomic mass is 16.5. The smallest absolute Gasteiger partial charge is 0.317 e. The molecule has 11 heteroatoms. The Labute approximate surface area is 182 Å². The number of rotatable bonds is 5. The van der Waals surface area contributed by atoms with Crippen LogP contribution in [0.2, 0.25) is 0 Å². The number of aromatic nitrogens is 5. The van der Waals surface area contributed by atoms with E-state index in [0.717, 1.165) is 16.6 Å². The van der Waals surface area contributed by atoms with Crippen LogP contribution in [0.3, 0.4) is 0 Å². The highest BCUT2D eigenvalue weighted by Gasteiger charge is 2.38. The molecule has 0 unspecified atom stereocenters. The zero-order valence-corrected chi connectivity index (χ0v) is 17.5. The number of primary amides is 1. The second-order valence-electron chi connectivity index (χ2n) is 7.64. The first-order chi connectivity index (χ1) is 15.5. The zero-order valence-electron chi connectivity index (χ0n) is 17.5. The van der Waals surface area contributed by atoms with Crippen molar-refractivity contribution in [3.8, 4) is 17.1 Å². The molecule has 0 saturated carbocycles. The van der Waals surface area contributed by atoms with E-state index in [1.165, 1.54) is 6.26 Å². The maximum atomic E-state index is 11.3. The molecule has 5 rings (SSSR count). The summed E-state index contributed by atoms with van der Waals surface area (Å²) in [6.45, 7) is 3.03. The molecular formula is C21H21N7O4. The number of urea groups is 1. The first kappa shape index (κ1) is 20.1. The number of anilines is 1. The van der Waals surface area contributed by atoms with Gasteiger partial charge in [-0.25, -0.2) is 19.4 Å². The van der Waals surface area contributed by atoms with Crippen LogP contribution in [0.25, 0.3) is 28.0 Å². The Morgan fingerprint density at radius 2 is 2.19 bits per heavy atom. The number of nitrogens with one attached hydrogen (secondary N) is 1. The van der Waals surface area contributed by atoms with Crippen LogP contribution in [0.4, 0.5) is 10.6 Å². The summed E-state index contributed by atoms with van der Waals surface area (Å²) in [5, 5.41) is 11.8. The molecule has 0 aromatic carbocycles. The van der Waals surface area contributed by atoms with Crippen LogP contribution in [0.15, 0.2) is 41.4 Å². The monoisotopic (exact) mass is 435 g/mol. The Kier molecular flexibility index (Phi) is 4.83. The molecule has 0 spiro atoms. The SMILES string of the molecule is CO[C@]1(c2cc(C)cc(-n3nc(-c4cnoc4)c4cnc(NC(N)=O)cc43)n2)CCOC1. The number of ether oxygens (including phenoxy) is 2. The minimum absolute atomic E-state index is 0.299. The van der Waals surface area contributed by atoms with E-state index in [1.54, 1.807) is 30.3 Å². The number of methoxy groups -OCH3 is 1. The molecule has 2 amide bonds.